The van der Waals surface area contributed by atoms with Gasteiger partial charge in [0.2, 0.25) is 0 Å². The molecule has 0 heterocycles. The van der Waals surface area contributed by atoms with Crippen molar-refractivity contribution in [3.63, 3.8) is 0 Å². The first-order valence-electron chi connectivity index (χ1n) is 5.54. The molecule has 0 amide bonds. The molecule has 1 unspecified atom stereocenters. The highest BCUT2D eigenvalue weighted by Crippen LogP contribution is 2.17. The molecule has 4 nitrogen and oxygen atoms in total. The summed E-state index contributed by atoms with van der Waals surface area (Å²) in [6.07, 6.45) is 0.629. The van der Waals surface area contributed by atoms with E-state index in [0.717, 1.165) is 13.1 Å². The third-order valence-corrected chi connectivity index (χ3v) is 2.70. The topological polar surface area (TPSA) is 66.6 Å². The molecule has 15 heavy (non-hydrogen) atoms. The summed E-state index contributed by atoms with van der Waals surface area (Å²) < 4.78 is 0. The van der Waals surface area contributed by atoms with Crippen LogP contribution in [0.2, 0.25) is 0 Å². The Morgan fingerprint density at radius 2 is 2.00 bits per heavy atom. The highest BCUT2D eigenvalue weighted by atomic mass is 16.4. The Bertz CT molecular complexity index is 205. The van der Waals surface area contributed by atoms with E-state index in [-0.39, 0.29) is 11.5 Å². The number of nitrogens with zero attached hydrogens (tertiary/aromatic N) is 1. The van der Waals surface area contributed by atoms with Crippen LogP contribution >= 0.6 is 0 Å². The Morgan fingerprint density at radius 3 is 2.27 bits per heavy atom. The van der Waals surface area contributed by atoms with Crippen molar-refractivity contribution in [1.29, 1.82) is 0 Å². The van der Waals surface area contributed by atoms with Crippen molar-refractivity contribution >= 4 is 5.97 Å². The molecule has 0 fully saturated rings. The number of aliphatic carboxylic acids is 1. The van der Waals surface area contributed by atoms with Crippen molar-refractivity contribution in [1.82, 2.24) is 4.90 Å². The number of nitrogens with two attached hydrogens (primary N) is 1. The van der Waals surface area contributed by atoms with E-state index >= 15 is 0 Å². The second kappa shape index (κ2) is 6.08. The van der Waals surface area contributed by atoms with Crippen molar-refractivity contribution in [3.8, 4) is 0 Å². The highest BCUT2D eigenvalue weighted by Gasteiger charge is 2.27. The molecule has 0 aliphatic rings. The van der Waals surface area contributed by atoms with Crippen LogP contribution in [0, 0.1) is 5.41 Å². The quantitative estimate of drug-likeness (QED) is 0.670. The van der Waals surface area contributed by atoms with Crippen LogP contribution in [-0.4, -0.2) is 41.7 Å². The fourth-order valence-electron chi connectivity index (χ4n) is 1.65. The standard InChI is InChI=1S/C11H24N2O2/c1-5-9(10(14)15)13(6-2)8-11(3,4)7-12/h9H,5-8,12H2,1-4H3,(H,14,15). The number of likely N-dealkylation sites (N-methyl/N-ethyl adjacent to an activating group) is 1. The number of carboxylic acid groups (broad SMARTS) is 1. The molecule has 0 radical (unpaired) electrons. The average Bonchev–Trinajstić information content (AvgIpc) is 2.16. The molecule has 0 saturated carbocycles. The first-order chi connectivity index (χ1) is 6.87. The predicted molar refractivity (Wildman–Crippen MR) is 61.8 cm³/mol. The molecule has 90 valence electrons. The lowest BCUT2D eigenvalue weighted by Gasteiger charge is -2.34. The van der Waals surface area contributed by atoms with Crippen molar-refractivity contribution in [2.75, 3.05) is 19.6 Å². The summed E-state index contributed by atoms with van der Waals surface area (Å²) in [6, 6.07) is -0.388. The van der Waals surface area contributed by atoms with Gasteiger partial charge in [0.15, 0.2) is 0 Å². The van der Waals surface area contributed by atoms with E-state index in [9.17, 15) is 4.79 Å². The van der Waals surface area contributed by atoms with E-state index in [1.807, 2.05) is 18.7 Å². The zero-order valence-corrected chi connectivity index (χ0v) is 10.3. The summed E-state index contributed by atoms with van der Waals surface area (Å²) in [4.78, 5) is 13.0. The van der Waals surface area contributed by atoms with Gasteiger partial charge in [0.25, 0.3) is 0 Å². The molecule has 0 aromatic rings. The summed E-state index contributed by atoms with van der Waals surface area (Å²) >= 11 is 0. The van der Waals surface area contributed by atoms with E-state index in [4.69, 9.17) is 10.8 Å². The maximum absolute atomic E-state index is 11.0. The molecule has 0 rings (SSSR count). The predicted octanol–water partition coefficient (Wildman–Crippen LogP) is 1.16. The number of carboxylic acids is 1. The van der Waals surface area contributed by atoms with Crippen LogP contribution in [0.4, 0.5) is 0 Å². The van der Waals surface area contributed by atoms with Gasteiger partial charge in [-0.1, -0.05) is 27.7 Å². The SMILES string of the molecule is CCC(C(=O)O)N(CC)CC(C)(C)CN. The summed E-state index contributed by atoms with van der Waals surface area (Å²) in [5.41, 5.74) is 5.62. The van der Waals surface area contributed by atoms with Crippen molar-refractivity contribution in [3.05, 3.63) is 0 Å². The molecule has 0 aliphatic heterocycles. The molecule has 4 heteroatoms. The van der Waals surface area contributed by atoms with Crippen LogP contribution in [0.15, 0.2) is 0 Å². The Labute approximate surface area is 92.4 Å². The van der Waals surface area contributed by atoms with Crippen LogP contribution in [0.25, 0.3) is 0 Å². The molecule has 3 N–H and O–H groups in total. The molecular formula is C11H24N2O2. The first-order valence-corrected chi connectivity index (χ1v) is 5.54. The lowest BCUT2D eigenvalue weighted by molar-refractivity contribution is -0.143. The molecule has 0 aliphatic carbocycles. The Balaban J connectivity index is 4.53. The summed E-state index contributed by atoms with van der Waals surface area (Å²) in [5.74, 6) is -0.743. The van der Waals surface area contributed by atoms with Crippen LogP contribution in [0.5, 0.6) is 0 Å². The molecule has 0 aromatic carbocycles. The maximum Gasteiger partial charge on any atom is 0.320 e. The van der Waals surface area contributed by atoms with E-state index < -0.39 is 5.97 Å². The normalized spacial score (nSPS) is 14.3. The molecule has 1 atom stereocenters. The third kappa shape index (κ3) is 4.62. The molecular weight excluding hydrogens is 192 g/mol. The number of hydrogen-bond acceptors (Lipinski definition) is 3. The summed E-state index contributed by atoms with van der Waals surface area (Å²) in [6.45, 7) is 10.0. The fraction of sp³-hybridized carbons (Fsp3) is 0.909. The van der Waals surface area contributed by atoms with Gasteiger partial charge in [-0.25, -0.2) is 0 Å². The van der Waals surface area contributed by atoms with Crippen molar-refractivity contribution < 1.29 is 9.90 Å². The smallest absolute Gasteiger partial charge is 0.320 e. The Morgan fingerprint density at radius 1 is 1.47 bits per heavy atom. The number of carbonyl (C=O) groups is 1. The van der Waals surface area contributed by atoms with Gasteiger partial charge in [-0.05, 0) is 24.9 Å². The summed E-state index contributed by atoms with van der Waals surface area (Å²) in [5, 5.41) is 9.07. The lowest BCUT2D eigenvalue weighted by atomic mass is 9.92. The first kappa shape index (κ1) is 14.4. The van der Waals surface area contributed by atoms with Crippen molar-refractivity contribution in [2.45, 2.75) is 40.2 Å². The third-order valence-electron chi connectivity index (χ3n) is 2.70. The minimum Gasteiger partial charge on any atom is -0.480 e. The molecule has 0 aromatic heterocycles. The second-order valence-electron chi connectivity index (χ2n) is 4.69. The second-order valence-corrected chi connectivity index (χ2v) is 4.69. The maximum atomic E-state index is 11.0. The van der Waals surface area contributed by atoms with E-state index in [0.29, 0.717) is 13.0 Å². The fourth-order valence-corrected chi connectivity index (χ4v) is 1.65. The van der Waals surface area contributed by atoms with Gasteiger partial charge in [0.1, 0.15) is 6.04 Å². The van der Waals surface area contributed by atoms with Gasteiger partial charge in [-0.2, -0.15) is 0 Å². The number of hydrogen-bond donors (Lipinski definition) is 2. The molecule has 0 spiro atoms. The van der Waals surface area contributed by atoms with Crippen LogP contribution in [0.3, 0.4) is 0 Å². The van der Waals surface area contributed by atoms with Gasteiger partial charge in [-0.3, -0.25) is 9.69 Å². The van der Waals surface area contributed by atoms with Crippen LogP contribution < -0.4 is 5.73 Å². The zero-order chi connectivity index (χ0) is 12.1. The average molecular weight is 216 g/mol. The van der Waals surface area contributed by atoms with Gasteiger partial charge in [-0.15, -0.1) is 0 Å². The highest BCUT2D eigenvalue weighted by molar-refractivity contribution is 5.73. The van der Waals surface area contributed by atoms with Gasteiger partial charge in [0.05, 0.1) is 0 Å². The van der Waals surface area contributed by atoms with Gasteiger partial charge in [0, 0.05) is 6.54 Å². The van der Waals surface area contributed by atoms with Crippen LogP contribution in [-0.2, 0) is 4.79 Å². The van der Waals surface area contributed by atoms with E-state index in [2.05, 4.69) is 13.8 Å². The minimum atomic E-state index is -0.743. The zero-order valence-electron chi connectivity index (χ0n) is 10.3. The van der Waals surface area contributed by atoms with Crippen LogP contribution in [0.1, 0.15) is 34.1 Å². The monoisotopic (exact) mass is 216 g/mol. The largest absolute Gasteiger partial charge is 0.480 e. The van der Waals surface area contributed by atoms with Gasteiger partial charge >= 0.3 is 5.97 Å². The summed E-state index contributed by atoms with van der Waals surface area (Å²) in [7, 11) is 0. The minimum absolute atomic E-state index is 0.0289. The van der Waals surface area contributed by atoms with E-state index in [1.165, 1.54) is 0 Å². The Kier molecular flexibility index (Phi) is 5.83. The Hall–Kier alpha value is -0.610. The number of rotatable bonds is 7. The van der Waals surface area contributed by atoms with E-state index in [1.54, 1.807) is 0 Å². The lowest BCUT2D eigenvalue weighted by Crippen LogP contribution is -2.47. The molecule has 0 saturated heterocycles. The molecule has 0 bridgehead atoms. The van der Waals surface area contributed by atoms with Gasteiger partial charge < -0.3 is 10.8 Å². The van der Waals surface area contributed by atoms with Crippen molar-refractivity contribution in [2.24, 2.45) is 11.1 Å².